The molecular formula is C16H17NO3. The lowest BCUT2D eigenvalue weighted by Crippen LogP contribution is -2.33. The van der Waals surface area contributed by atoms with Crippen LogP contribution in [-0.2, 0) is 6.42 Å². The van der Waals surface area contributed by atoms with E-state index in [0.29, 0.717) is 12.0 Å². The summed E-state index contributed by atoms with van der Waals surface area (Å²) in [5.74, 6) is -0.268. The molecule has 4 nitrogen and oxygen atoms in total. The van der Waals surface area contributed by atoms with E-state index in [1.54, 1.807) is 12.1 Å². The minimum absolute atomic E-state index is 0.0440. The standard InChI is InChI=1S/C16H17NO3/c18-14-8-4-7-13(10-14)16(20)17-11-15(19)9-12-5-2-1-3-6-12/h1-8,10,15,18-19H,9,11H2,(H,17,20). The molecule has 0 aromatic heterocycles. The number of carbonyl (C=O) groups excluding carboxylic acids is 1. The summed E-state index contributed by atoms with van der Waals surface area (Å²) in [5, 5.41) is 21.8. The van der Waals surface area contributed by atoms with E-state index in [4.69, 9.17) is 0 Å². The van der Waals surface area contributed by atoms with Gasteiger partial charge in [0, 0.05) is 18.5 Å². The third-order valence-corrected chi connectivity index (χ3v) is 2.92. The van der Waals surface area contributed by atoms with Crippen LogP contribution < -0.4 is 5.32 Å². The minimum atomic E-state index is -0.640. The van der Waals surface area contributed by atoms with Gasteiger partial charge in [-0.15, -0.1) is 0 Å². The SMILES string of the molecule is O=C(NCC(O)Cc1ccccc1)c1cccc(O)c1. The van der Waals surface area contributed by atoms with Gasteiger partial charge in [-0.05, 0) is 23.8 Å². The zero-order valence-corrected chi connectivity index (χ0v) is 11.0. The van der Waals surface area contributed by atoms with Crippen molar-refractivity contribution in [2.45, 2.75) is 12.5 Å². The quantitative estimate of drug-likeness (QED) is 0.775. The number of rotatable bonds is 5. The van der Waals surface area contributed by atoms with Crippen LogP contribution in [0, 0.1) is 0 Å². The van der Waals surface area contributed by atoms with Crippen LogP contribution in [0.15, 0.2) is 54.6 Å². The first-order valence-corrected chi connectivity index (χ1v) is 6.44. The van der Waals surface area contributed by atoms with Crippen LogP contribution in [0.4, 0.5) is 0 Å². The Labute approximate surface area is 117 Å². The Kier molecular flexibility index (Phi) is 4.74. The fourth-order valence-corrected chi connectivity index (χ4v) is 1.92. The Morgan fingerprint density at radius 2 is 1.85 bits per heavy atom. The van der Waals surface area contributed by atoms with E-state index < -0.39 is 6.10 Å². The van der Waals surface area contributed by atoms with E-state index >= 15 is 0 Å². The fourth-order valence-electron chi connectivity index (χ4n) is 1.92. The van der Waals surface area contributed by atoms with Crippen LogP contribution in [0.25, 0.3) is 0 Å². The predicted molar refractivity (Wildman–Crippen MR) is 76.6 cm³/mol. The molecule has 3 N–H and O–H groups in total. The zero-order chi connectivity index (χ0) is 14.4. The second-order valence-electron chi connectivity index (χ2n) is 4.60. The number of aliphatic hydroxyl groups is 1. The van der Waals surface area contributed by atoms with Gasteiger partial charge in [-0.25, -0.2) is 0 Å². The molecule has 2 aromatic carbocycles. The molecule has 4 heteroatoms. The Hall–Kier alpha value is -2.33. The summed E-state index contributed by atoms with van der Waals surface area (Å²) in [4.78, 5) is 11.8. The number of nitrogens with one attached hydrogen (secondary N) is 1. The molecule has 2 aromatic rings. The molecule has 0 heterocycles. The Balaban J connectivity index is 1.84. The third-order valence-electron chi connectivity index (χ3n) is 2.92. The summed E-state index contributed by atoms with van der Waals surface area (Å²) < 4.78 is 0. The maximum atomic E-state index is 11.8. The van der Waals surface area contributed by atoms with Crippen LogP contribution in [-0.4, -0.2) is 28.8 Å². The molecule has 0 aliphatic rings. The van der Waals surface area contributed by atoms with Crippen molar-refractivity contribution in [3.63, 3.8) is 0 Å². The number of aromatic hydroxyl groups is 1. The topological polar surface area (TPSA) is 69.6 Å². The van der Waals surface area contributed by atoms with Crippen molar-refractivity contribution >= 4 is 5.91 Å². The van der Waals surface area contributed by atoms with Crippen molar-refractivity contribution in [1.29, 1.82) is 0 Å². The number of carbonyl (C=O) groups is 1. The van der Waals surface area contributed by atoms with Gasteiger partial charge < -0.3 is 15.5 Å². The molecule has 0 saturated carbocycles. The van der Waals surface area contributed by atoms with E-state index in [1.165, 1.54) is 12.1 Å². The first-order chi connectivity index (χ1) is 9.65. The Morgan fingerprint density at radius 3 is 2.55 bits per heavy atom. The lowest BCUT2D eigenvalue weighted by molar-refractivity contribution is 0.0915. The number of phenols is 1. The average Bonchev–Trinajstić information content (AvgIpc) is 2.46. The molecule has 0 aliphatic heterocycles. The molecule has 1 amide bonds. The van der Waals surface area contributed by atoms with E-state index in [2.05, 4.69) is 5.32 Å². The highest BCUT2D eigenvalue weighted by atomic mass is 16.3. The minimum Gasteiger partial charge on any atom is -0.508 e. The second kappa shape index (κ2) is 6.73. The van der Waals surface area contributed by atoms with Gasteiger partial charge in [0.1, 0.15) is 5.75 Å². The molecule has 0 fully saturated rings. The summed E-state index contributed by atoms with van der Waals surface area (Å²) in [6.07, 6.45) is -0.153. The highest BCUT2D eigenvalue weighted by Gasteiger charge is 2.10. The summed E-state index contributed by atoms with van der Waals surface area (Å²) in [5.41, 5.74) is 1.39. The maximum absolute atomic E-state index is 11.8. The van der Waals surface area contributed by atoms with Crippen LogP contribution >= 0.6 is 0 Å². The van der Waals surface area contributed by atoms with E-state index in [9.17, 15) is 15.0 Å². The largest absolute Gasteiger partial charge is 0.508 e. The van der Waals surface area contributed by atoms with E-state index in [1.807, 2.05) is 30.3 Å². The molecule has 20 heavy (non-hydrogen) atoms. The van der Waals surface area contributed by atoms with Gasteiger partial charge in [0.2, 0.25) is 0 Å². The second-order valence-corrected chi connectivity index (χ2v) is 4.60. The van der Waals surface area contributed by atoms with Crippen LogP contribution in [0.1, 0.15) is 15.9 Å². The predicted octanol–water partition coefficient (Wildman–Crippen LogP) is 1.73. The summed E-state index contributed by atoms with van der Waals surface area (Å²) in [7, 11) is 0. The molecule has 2 rings (SSSR count). The van der Waals surface area contributed by atoms with Crippen molar-refractivity contribution < 1.29 is 15.0 Å². The van der Waals surface area contributed by atoms with Gasteiger partial charge in [-0.1, -0.05) is 36.4 Å². The van der Waals surface area contributed by atoms with Gasteiger partial charge >= 0.3 is 0 Å². The zero-order valence-electron chi connectivity index (χ0n) is 11.0. The highest BCUT2D eigenvalue weighted by molar-refractivity contribution is 5.94. The van der Waals surface area contributed by atoms with Crippen molar-refractivity contribution in [1.82, 2.24) is 5.32 Å². The first-order valence-electron chi connectivity index (χ1n) is 6.44. The normalized spacial score (nSPS) is 11.8. The summed E-state index contributed by atoms with van der Waals surface area (Å²) >= 11 is 0. The molecular weight excluding hydrogens is 254 g/mol. The van der Waals surface area contributed by atoms with Crippen LogP contribution in [0.2, 0.25) is 0 Å². The summed E-state index contributed by atoms with van der Waals surface area (Å²) in [6.45, 7) is 0.170. The molecule has 1 atom stereocenters. The van der Waals surface area contributed by atoms with Crippen LogP contribution in [0.5, 0.6) is 5.75 Å². The average molecular weight is 271 g/mol. The molecule has 104 valence electrons. The number of benzene rings is 2. The number of hydrogen-bond donors (Lipinski definition) is 3. The van der Waals surface area contributed by atoms with Crippen molar-refractivity contribution in [3.05, 3.63) is 65.7 Å². The van der Waals surface area contributed by atoms with Gasteiger partial charge in [0.05, 0.1) is 6.10 Å². The monoisotopic (exact) mass is 271 g/mol. The number of amides is 1. The molecule has 0 radical (unpaired) electrons. The van der Waals surface area contributed by atoms with E-state index in [-0.39, 0.29) is 18.2 Å². The van der Waals surface area contributed by atoms with Crippen molar-refractivity contribution in [2.75, 3.05) is 6.54 Å². The molecule has 1 unspecified atom stereocenters. The summed E-state index contributed by atoms with van der Waals surface area (Å²) in [6, 6.07) is 15.7. The van der Waals surface area contributed by atoms with Gasteiger partial charge in [0.15, 0.2) is 0 Å². The molecule has 0 saturated heterocycles. The van der Waals surface area contributed by atoms with E-state index in [0.717, 1.165) is 5.56 Å². The molecule has 0 bridgehead atoms. The van der Waals surface area contributed by atoms with Gasteiger partial charge in [0.25, 0.3) is 5.91 Å². The number of hydrogen-bond acceptors (Lipinski definition) is 3. The van der Waals surface area contributed by atoms with Gasteiger partial charge in [-0.3, -0.25) is 4.79 Å². The Morgan fingerprint density at radius 1 is 1.10 bits per heavy atom. The van der Waals surface area contributed by atoms with Gasteiger partial charge in [-0.2, -0.15) is 0 Å². The number of aliphatic hydroxyl groups excluding tert-OH is 1. The fraction of sp³-hybridized carbons (Fsp3) is 0.188. The number of phenolic OH excluding ortho intramolecular Hbond substituents is 1. The van der Waals surface area contributed by atoms with Crippen LogP contribution in [0.3, 0.4) is 0 Å². The molecule has 0 spiro atoms. The Bertz CT molecular complexity index is 569. The van der Waals surface area contributed by atoms with Crippen molar-refractivity contribution in [2.24, 2.45) is 0 Å². The lowest BCUT2D eigenvalue weighted by atomic mass is 10.1. The smallest absolute Gasteiger partial charge is 0.251 e. The molecule has 0 aliphatic carbocycles. The third kappa shape index (κ3) is 4.10. The highest BCUT2D eigenvalue weighted by Crippen LogP contribution is 2.10. The first kappa shape index (κ1) is 14.1. The lowest BCUT2D eigenvalue weighted by Gasteiger charge is -2.12. The van der Waals surface area contributed by atoms with Crippen molar-refractivity contribution in [3.8, 4) is 5.75 Å². The maximum Gasteiger partial charge on any atom is 0.251 e.